The molecule has 0 aromatic carbocycles. The van der Waals surface area contributed by atoms with Gasteiger partial charge in [0.05, 0.1) is 17.9 Å². The molecule has 0 amide bonds. The molecule has 2 heterocycles. The lowest BCUT2D eigenvalue weighted by atomic mass is 9.91. The zero-order chi connectivity index (χ0) is 15.4. The van der Waals surface area contributed by atoms with Crippen molar-refractivity contribution in [3.63, 3.8) is 0 Å². The maximum absolute atomic E-state index is 13.0. The van der Waals surface area contributed by atoms with Gasteiger partial charge in [0.25, 0.3) is 0 Å². The average Bonchev–Trinajstić information content (AvgIpc) is 2.46. The molecule has 1 aliphatic rings. The van der Waals surface area contributed by atoms with E-state index in [1.165, 1.54) is 31.6 Å². The smallest absolute Gasteiger partial charge is 0.141 e. The van der Waals surface area contributed by atoms with Crippen LogP contribution in [0.25, 0.3) is 0 Å². The molecule has 0 radical (unpaired) electrons. The second-order valence-electron chi connectivity index (χ2n) is 6.63. The lowest BCUT2D eigenvalue weighted by Gasteiger charge is -2.39. The second-order valence-corrected chi connectivity index (χ2v) is 6.63. The molecular weight excluding hydrogens is 265 g/mol. The van der Waals surface area contributed by atoms with Gasteiger partial charge in [0, 0.05) is 19.1 Å². The van der Waals surface area contributed by atoms with E-state index in [0.29, 0.717) is 12.0 Å². The van der Waals surface area contributed by atoms with Gasteiger partial charge in [0.2, 0.25) is 0 Å². The largest absolute Gasteiger partial charge is 0.311 e. The van der Waals surface area contributed by atoms with E-state index in [-0.39, 0.29) is 11.9 Å². The number of nitrogens with one attached hydrogen (secondary N) is 1. The van der Waals surface area contributed by atoms with Crippen LogP contribution in [0.2, 0.25) is 0 Å². The van der Waals surface area contributed by atoms with Gasteiger partial charge in [0.1, 0.15) is 5.82 Å². The number of aromatic nitrogens is 1. The topological polar surface area (TPSA) is 28.2 Å². The molecule has 1 saturated heterocycles. The number of rotatable bonds is 5. The van der Waals surface area contributed by atoms with Crippen LogP contribution in [0, 0.1) is 17.7 Å². The van der Waals surface area contributed by atoms with Crippen LogP contribution >= 0.6 is 0 Å². The van der Waals surface area contributed by atoms with Crippen molar-refractivity contribution in [1.29, 1.82) is 0 Å². The summed E-state index contributed by atoms with van der Waals surface area (Å²) in [6.07, 6.45) is 3.92. The summed E-state index contributed by atoms with van der Waals surface area (Å²) in [7, 11) is 1.95. The third kappa shape index (κ3) is 4.24. The van der Waals surface area contributed by atoms with E-state index in [2.05, 4.69) is 36.0 Å². The monoisotopic (exact) mass is 293 g/mol. The van der Waals surface area contributed by atoms with Gasteiger partial charge in [0.15, 0.2) is 0 Å². The molecule has 4 atom stereocenters. The minimum Gasteiger partial charge on any atom is -0.311 e. The molecule has 0 bridgehead atoms. The first kappa shape index (κ1) is 16.4. The SMILES string of the molecule is CNC(c1ccc(F)cn1)C(C)CN1CC(C)CCC1C. The minimum atomic E-state index is -0.278. The normalized spacial score (nSPS) is 26.5. The Morgan fingerprint density at radius 3 is 2.76 bits per heavy atom. The molecule has 1 N–H and O–H groups in total. The Morgan fingerprint density at radius 2 is 2.14 bits per heavy atom. The molecule has 0 aliphatic carbocycles. The number of likely N-dealkylation sites (tertiary alicyclic amines) is 1. The van der Waals surface area contributed by atoms with Crippen LogP contribution in [0.15, 0.2) is 18.3 Å². The number of hydrogen-bond donors (Lipinski definition) is 1. The van der Waals surface area contributed by atoms with E-state index in [0.717, 1.165) is 18.2 Å². The van der Waals surface area contributed by atoms with Crippen molar-refractivity contribution < 1.29 is 4.39 Å². The summed E-state index contributed by atoms with van der Waals surface area (Å²) in [5, 5.41) is 3.34. The molecule has 21 heavy (non-hydrogen) atoms. The predicted octanol–water partition coefficient (Wildman–Crippen LogP) is 3.24. The van der Waals surface area contributed by atoms with Gasteiger partial charge in [-0.3, -0.25) is 4.98 Å². The first-order valence-corrected chi connectivity index (χ1v) is 8.04. The van der Waals surface area contributed by atoms with Gasteiger partial charge >= 0.3 is 0 Å². The van der Waals surface area contributed by atoms with Crippen LogP contribution in [-0.4, -0.2) is 36.1 Å². The molecule has 1 aromatic rings. The van der Waals surface area contributed by atoms with E-state index < -0.39 is 0 Å². The number of piperidine rings is 1. The number of hydrogen-bond acceptors (Lipinski definition) is 3. The van der Waals surface area contributed by atoms with Crippen LogP contribution in [0.3, 0.4) is 0 Å². The lowest BCUT2D eigenvalue weighted by Crippen LogP contribution is -2.45. The summed E-state index contributed by atoms with van der Waals surface area (Å²) < 4.78 is 13.0. The van der Waals surface area contributed by atoms with E-state index in [1.807, 2.05) is 7.05 Å². The third-order valence-electron chi connectivity index (χ3n) is 4.72. The van der Waals surface area contributed by atoms with Gasteiger partial charge < -0.3 is 10.2 Å². The maximum Gasteiger partial charge on any atom is 0.141 e. The van der Waals surface area contributed by atoms with E-state index in [4.69, 9.17) is 0 Å². The fraction of sp³-hybridized carbons (Fsp3) is 0.706. The van der Waals surface area contributed by atoms with E-state index >= 15 is 0 Å². The standard InChI is InChI=1S/C17H28FN3/c1-12-5-6-14(3)21(10-12)11-13(2)17(19-4)16-8-7-15(18)9-20-16/h7-9,12-14,17,19H,5-6,10-11H2,1-4H3. The number of nitrogens with zero attached hydrogens (tertiary/aromatic N) is 2. The first-order chi connectivity index (χ1) is 10.0. The summed E-state index contributed by atoms with van der Waals surface area (Å²) in [5.41, 5.74) is 0.920. The Kier molecular flexibility index (Phi) is 5.71. The van der Waals surface area contributed by atoms with Gasteiger partial charge in [-0.2, -0.15) is 0 Å². The predicted molar refractivity (Wildman–Crippen MR) is 84.6 cm³/mol. The van der Waals surface area contributed by atoms with Crippen LogP contribution in [-0.2, 0) is 0 Å². The number of halogens is 1. The molecule has 4 unspecified atom stereocenters. The average molecular weight is 293 g/mol. The quantitative estimate of drug-likeness (QED) is 0.903. The van der Waals surface area contributed by atoms with E-state index in [1.54, 1.807) is 6.07 Å². The van der Waals surface area contributed by atoms with Crippen molar-refractivity contribution in [1.82, 2.24) is 15.2 Å². The van der Waals surface area contributed by atoms with E-state index in [9.17, 15) is 4.39 Å². The van der Waals surface area contributed by atoms with Gasteiger partial charge in [-0.05, 0) is 50.8 Å². The van der Waals surface area contributed by atoms with Crippen molar-refractivity contribution in [2.45, 2.75) is 45.7 Å². The van der Waals surface area contributed by atoms with Crippen LogP contribution in [0.1, 0.15) is 45.3 Å². The van der Waals surface area contributed by atoms with Gasteiger partial charge in [-0.25, -0.2) is 4.39 Å². The Hall–Kier alpha value is -1.00. The molecule has 0 saturated carbocycles. The highest BCUT2D eigenvalue weighted by molar-refractivity contribution is 5.11. The second kappa shape index (κ2) is 7.32. The molecule has 1 aliphatic heterocycles. The fourth-order valence-corrected chi connectivity index (χ4v) is 3.40. The van der Waals surface area contributed by atoms with Crippen molar-refractivity contribution >= 4 is 0 Å². The Morgan fingerprint density at radius 1 is 1.38 bits per heavy atom. The zero-order valence-corrected chi connectivity index (χ0v) is 13.6. The minimum absolute atomic E-state index is 0.162. The van der Waals surface area contributed by atoms with Crippen LogP contribution in [0.5, 0.6) is 0 Å². The summed E-state index contributed by atoms with van der Waals surface area (Å²) in [4.78, 5) is 6.83. The molecule has 4 heteroatoms. The molecular formula is C17H28FN3. The van der Waals surface area contributed by atoms with Gasteiger partial charge in [-0.1, -0.05) is 13.8 Å². The fourth-order valence-electron chi connectivity index (χ4n) is 3.40. The molecule has 3 nitrogen and oxygen atoms in total. The highest BCUT2D eigenvalue weighted by atomic mass is 19.1. The Labute approximate surface area is 127 Å². The molecule has 1 fully saturated rings. The molecule has 1 aromatic heterocycles. The van der Waals surface area contributed by atoms with Crippen molar-refractivity contribution in [2.24, 2.45) is 11.8 Å². The molecule has 118 valence electrons. The highest BCUT2D eigenvalue weighted by Gasteiger charge is 2.27. The number of pyridine rings is 1. The first-order valence-electron chi connectivity index (χ1n) is 8.04. The summed E-state index contributed by atoms with van der Waals surface area (Å²) in [6, 6.07) is 4.10. The van der Waals surface area contributed by atoms with Crippen molar-refractivity contribution in [3.8, 4) is 0 Å². The Balaban J connectivity index is 2.02. The highest BCUT2D eigenvalue weighted by Crippen LogP contribution is 2.26. The zero-order valence-electron chi connectivity index (χ0n) is 13.6. The summed E-state index contributed by atoms with van der Waals surface area (Å²) >= 11 is 0. The van der Waals surface area contributed by atoms with Crippen LogP contribution in [0.4, 0.5) is 4.39 Å². The van der Waals surface area contributed by atoms with Gasteiger partial charge in [-0.15, -0.1) is 0 Å². The van der Waals surface area contributed by atoms with Crippen molar-refractivity contribution in [3.05, 3.63) is 29.8 Å². The van der Waals surface area contributed by atoms with Crippen LogP contribution < -0.4 is 5.32 Å². The maximum atomic E-state index is 13.0. The molecule has 0 spiro atoms. The summed E-state index contributed by atoms with van der Waals surface area (Å²) in [5.74, 6) is 0.936. The van der Waals surface area contributed by atoms with Crippen molar-refractivity contribution in [2.75, 3.05) is 20.1 Å². The Bertz CT molecular complexity index is 434. The lowest BCUT2D eigenvalue weighted by molar-refractivity contribution is 0.0995. The summed E-state index contributed by atoms with van der Waals surface area (Å²) in [6.45, 7) is 9.14. The molecule has 2 rings (SSSR count). The third-order valence-corrected chi connectivity index (χ3v) is 4.72.